The van der Waals surface area contributed by atoms with Crippen LogP contribution >= 0.6 is 23.1 Å². The molecule has 4 nitrogen and oxygen atoms in total. The van der Waals surface area contributed by atoms with Crippen molar-refractivity contribution in [1.82, 2.24) is 9.88 Å². The van der Waals surface area contributed by atoms with Gasteiger partial charge in [0.15, 0.2) is 0 Å². The zero-order chi connectivity index (χ0) is 21.8. The smallest absolute Gasteiger partial charge is 0.368 e. The Hall–Kier alpha value is -2.52. The van der Waals surface area contributed by atoms with Crippen LogP contribution in [0.15, 0.2) is 64.3 Å². The molecular weight excluding hydrogens is 443 g/mol. The SMILES string of the molecule is O=C(c1ccccc1SCc1cscn1)N1CCN(c2cccc(C(F)(F)F)c2)CC1. The molecule has 0 atom stereocenters. The largest absolute Gasteiger partial charge is 0.416 e. The van der Waals surface area contributed by atoms with Gasteiger partial charge >= 0.3 is 6.18 Å². The standard InChI is InChI=1S/C22H20F3N3OS2/c23-22(24,25)16-4-3-5-18(12-16)27-8-10-28(11-9-27)21(29)19-6-1-2-7-20(19)31-14-17-13-30-15-26-17/h1-7,12-13,15H,8-11,14H2. The molecule has 1 fully saturated rings. The predicted molar refractivity (Wildman–Crippen MR) is 118 cm³/mol. The maximum absolute atomic E-state index is 13.1. The van der Waals surface area contributed by atoms with Gasteiger partial charge in [0, 0.05) is 47.9 Å². The van der Waals surface area contributed by atoms with E-state index in [1.165, 1.54) is 12.1 Å². The molecule has 0 bridgehead atoms. The van der Waals surface area contributed by atoms with Crippen LogP contribution in [0.5, 0.6) is 0 Å². The molecular formula is C22H20F3N3OS2. The lowest BCUT2D eigenvalue weighted by Crippen LogP contribution is -2.49. The molecule has 9 heteroatoms. The van der Waals surface area contributed by atoms with Gasteiger partial charge in [0.1, 0.15) is 0 Å². The Kier molecular flexibility index (Phi) is 6.52. The van der Waals surface area contributed by atoms with E-state index in [-0.39, 0.29) is 5.91 Å². The Bertz CT molecular complexity index is 1030. The van der Waals surface area contributed by atoms with Crippen molar-refractivity contribution >= 4 is 34.7 Å². The number of nitrogens with zero attached hydrogens (tertiary/aromatic N) is 3. The number of hydrogen-bond acceptors (Lipinski definition) is 5. The van der Waals surface area contributed by atoms with Crippen molar-refractivity contribution in [3.8, 4) is 0 Å². The monoisotopic (exact) mass is 463 g/mol. The van der Waals surface area contributed by atoms with Crippen LogP contribution in [0.1, 0.15) is 21.6 Å². The summed E-state index contributed by atoms with van der Waals surface area (Å²) in [6.07, 6.45) is -4.37. The van der Waals surface area contributed by atoms with E-state index in [4.69, 9.17) is 0 Å². The summed E-state index contributed by atoms with van der Waals surface area (Å²) in [5.74, 6) is 0.641. The zero-order valence-electron chi connectivity index (χ0n) is 16.5. The fourth-order valence-electron chi connectivity index (χ4n) is 3.45. The molecule has 0 saturated carbocycles. The van der Waals surface area contributed by atoms with Gasteiger partial charge in [-0.05, 0) is 30.3 Å². The summed E-state index contributed by atoms with van der Waals surface area (Å²) in [7, 11) is 0. The van der Waals surface area contributed by atoms with Crippen LogP contribution in [-0.2, 0) is 11.9 Å². The van der Waals surface area contributed by atoms with E-state index in [0.29, 0.717) is 43.2 Å². The average molecular weight is 464 g/mol. The first-order valence-electron chi connectivity index (χ1n) is 9.72. The molecule has 2 aromatic carbocycles. The molecule has 0 N–H and O–H groups in total. The molecule has 1 aromatic heterocycles. The van der Waals surface area contributed by atoms with Gasteiger partial charge in [-0.2, -0.15) is 13.2 Å². The lowest BCUT2D eigenvalue weighted by molar-refractivity contribution is -0.137. The summed E-state index contributed by atoms with van der Waals surface area (Å²) in [4.78, 5) is 22.0. The summed E-state index contributed by atoms with van der Waals surface area (Å²) < 4.78 is 39.0. The van der Waals surface area contributed by atoms with E-state index in [0.717, 1.165) is 16.7 Å². The number of aromatic nitrogens is 1. The number of carbonyl (C=O) groups is 1. The first kappa shape index (κ1) is 21.7. The molecule has 1 saturated heterocycles. The van der Waals surface area contributed by atoms with E-state index in [2.05, 4.69) is 4.98 Å². The Morgan fingerprint density at radius 3 is 2.55 bits per heavy atom. The van der Waals surface area contributed by atoms with Crippen LogP contribution < -0.4 is 4.90 Å². The van der Waals surface area contributed by atoms with Gasteiger partial charge < -0.3 is 9.80 Å². The predicted octanol–water partition coefficient (Wildman–Crippen LogP) is 5.42. The van der Waals surface area contributed by atoms with Crippen molar-refractivity contribution in [2.75, 3.05) is 31.1 Å². The van der Waals surface area contributed by atoms with Crippen molar-refractivity contribution in [3.05, 3.63) is 76.2 Å². The van der Waals surface area contributed by atoms with E-state index < -0.39 is 11.7 Å². The van der Waals surface area contributed by atoms with E-state index in [1.54, 1.807) is 39.6 Å². The second-order valence-electron chi connectivity index (χ2n) is 7.09. The van der Waals surface area contributed by atoms with Crippen molar-refractivity contribution in [1.29, 1.82) is 0 Å². The Balaban J connectivity index is 1.41. The van der Waals surface area contributed by atoms with Gasteiger partial charge in [-0.15, -0.1) is 23.1 Å². The van der Waals surface area contributed by atoms with Crippen molar-refractivity contribution in [2.24, 2.45) is 0 Å². The van der Waals surface area contributed by atoms with Gasteiger partial charge in [-0.25, -0.2) is 4.98 Å². The number of hydrogen-bond donors (Lipinski definition) is 0. The molecule has 0 radical (unpaired) electrons. The highest BCUT2D eigenvalue weighted by Crippen LogP contribution is 2.32. The minimum atomic E-state index is -4.37. The Labute approximate surface area is 186 Å². The third-order valence-corrected chi connectivity index (χ3v) is 6.82. The van der Waals surface area contributed by atoms with Gasteiger partial charge in [-0.3, -0.25) is 4.79 Å². The quantitative estimate of drug-likeness (QED) is 0.474. The van der Waals surface area contributed by atoms with Gasteiger partial charge in [0.2, 0.25) is 0 Å². The third kappa shape index (κ3) is 5.22. The van der Waals surface area contributed by atoms with Crippen LogP contribution in [0.25, 0.3) is 0 Å². The second kappa shape index (κ2) is 9.32. The van der Waals surface area contributed by atoms with E-state index in [9.17, 15) is 18.0 Å². The molecule has 1 amide bonds. The number of anilines is 1. The van der Waals surface area contributed by atoms with Crippen molar-refractivity contribution in [2.45, 2.75) is 16.8 Å². The molecule has 0 spiro atoms. The summed E-state index contributed by atoms with van der Waals surface area (Å²) in [6.45, 7) is 1.89. The van der Waals surface area contributed by atoms with Crippen LogP contribution in [0.3, 0.4) is 0 Å². The number of alkyl halides is 3. The fraction of sp³-hybridized carbons (Fsp3) is 0.273. The number of thioether (sulfide) groups is 1. The number of amides is 1. The minimum absolute atomic E-state index is 0.0509. The number of carbonyl (C=O) groups excluding carboxylic acids is 1. The molecule has 1 aliphatic rings. The number of thiazole rings is 1. The van der Waals surface area contributed by atoms with E-state index in [1.807, 2.05) is 34.5 Å². The number of benzene rings is 2. The van der Waals surface area contributed by atoms with Crippen LogP contribution in [0, 0.1) is 0 Å². The summed E-state index contributed by atoms with van der Waals surface area (Å²) >= 11 is 3.12. The summed E-state index contributed by atoms with van der Waals surface area (Å²) in [5.41, 5.74) is 3.29. The molecule has 3 aromatic rings. The molecule has 162 valence electrons. The second-order valence-corrected chi connectivity index (χ2v) is 8.83. The highest BCUT2D eigenvalue weighted by molar-refractivity contribution is 7.98. The Morgan fingerprint density at radius 1 is 1.06 bits per heavy atom. The summed E-state index contributed by atoms with van der Waals surface area (Å²) in [5, 5.41) is 1.99. The molecule has 2 heterocycles. The van der Waals surface area contributed by atoms with Crippen LogP contribution in [0.4, 0.5) is 18.9 Å². The highest BCUT2D eigenvalue weighted by Gasteiger charge is 2.31. The fourth-order valence-corrected chi connectivity index (χ4v) is 5.06. The summed E-state index contributed by atoms with van der Waals surface area (Å²) in [6, 6.07) is 12.9. The number of halogens is 3. The lowest BCUT2D eigenvalue weighted by atomic mass is 10.1. The zero-order valence-corrected chi connectivity index (χ0v) is 18.1. The maximum atomic E-state index is 13.1. The molecule has 31 heavy (non-hydrogen) atoms. The molecule has 4 rings (SSSR count). The topological polar surface area (TPSA) is 36.4 Å². The molecule has 0 aliphatic carbocycles. The first-order valence-corrected chi connectivity index (χ1v) is 11.6. The first-order chi connectivity index (χ1) is 14.9. The van der Waals surface area contributed by atoms with E-state index >= 15 is 0 Å². The van der Waals surface area contributed by atoms with Crippen molar-refractivity contribution < 1.29 is 18.0 Å². The minimum Gasteiger partial charge on any atom is -0.368 e. The van der Waals surface area contributed by atoms with Crippen molar-refractivity contribution in [3.63, 3.8) is 0 Å². The third-order valence-electron chi connectivity index (χ3n) is 5.08. The van der Waals surface area contributed by atoms with Crippen LogP contribution in [0.2, 0.25) is 0 Å². The number of rotatable bonds is 5. The average Bonchev–Trinajstić information content (AvgIpc) is 3.31. The van der Waals surface area contributed by atoms with Gasteiger partial charge in [0.05, 0.1) is 22.3 Å². The van der Waals surface area contributed by atoms with Crippen LogP contribution in [-0.4, -0.2) is 42.0 Å². The normalized spacial score (nSPS) is 14.7. The lowest BCUT2D eigenvalue weighted by Gasteiger charge is -2.36. The molecule has 0 unspecified atom stereocenters. The van der Waals surface area contributed by atoms with Gasteiger partial charge in [0.25, 0.3) is 5.91 Å². The molecule has 1 aliphatic heterocycles. The maximum Gasteiger partial charge on any atom is 0.416 e. The number of piperazine rings is 1. The Morgan fingerprint density at radius 2 is 1.84 bits per heavy atom. The highest BCUT2D eigenvalue weighted by atomic mass is 32.2. The van der Waals surface area contributed by atoms with Gasteiger partial charge in [-0.1, -0.05) is 18.2 Å².